The Morgan fingerprint density at radius 1 is 1.38 bits per heavy atom. The molecule has 1 aromatic carbocycles. The molecule has 7 nitrogen and oxygen atoms in total. The Labute approximate surface area is 124 Å². The second kappa shape index (κ2) is 7.28. The van der Waals surface area contributed by atoms with Gasteiger partial charge in [0, 0.05) is 19.5 Å². The quantitative estimate of drug-likeness (QED) is 0.429. The summed E-state index contributed by atoms with van der Waals surface area (Å²) in [7, 11) is -3.75. The van der Waals surface area contributed by atoms with Crippen molar-refractivity contribution < 1.29 is 18.3 Å². The summed E-state index contributed by atoms with van der Waals surface area (Å²) < 4.78 is 26.2. The van der Waals surface area contributed by atoms with Gasteiger partial charge < -0.3 is 16.2 Å². The Bertz CT molecular complexity index is 599. The molecule has 0 saturated carbocycles. The Kier molecular flexibility index (Phi) is 5.98. The number of nitrogen functional groups attached to an aromatic ring is 1. The predicted octanol–water partition coefficient (Wildman–Crippen LogP) is 0.415. The average Bonchev–Trinajstić information content (AvgIpc) is 2.39. The molecule has 21 heavy (non-hydrogen) atoms. The van der Waals surface area contributed by atoms with E-state index in [1.807, 2.05) is 13.8 Å². The van der Waals surface area contributed by atoms with Gasteiger partial charge >= 0.3 is 0 Å². The van der Waals surface area contributed by atoms with Crippen molar-refractivity contribution in [2.24, 2.45) is 5.92 Å². The highest BCUT2D eigenvalue weighted by Gasteiger charge is 2.15. The van der Waals surface area contributed by atoms with Gasteiger partial charge in [-0.3, -0.25) is 4.79 Å². The lowest BCUT2D eigenvalue weighted by atomic mass is 10.2. The molecule has 0 aliphatic rings. The summed E-state index contributed by atoms with van der Waals surface area (Å²) in [6.45, 7) is 4.49. The number of aromatic hydroxyl groups is 1. The highest BCUT2D eigenvalue weighted by atomic mass is 32.2. The predicted molar refractivity (Wildman–Crippen MR) is 80.2 cm³/mol. The molecule has 1 rings (SSSR count). The highest BCUT2D eigenvalue weighted by Crippen LogP contribution is 2.22. The van der Waals surface area contributed by atoms with Gasteiger partial charge in [-0.15, -0.1) is 0 Å². The van der Waals surface area contributed by atoms with Gasteiger partial charge in [-0.2, -0.15) is 0 Å². The molecule has 0 saturated heterocycles. The van der Waals surface area contributed by atoms with Crippen LogP contribution >= 0.6 is 0 Å². The Morgan fingerprint density at radius 3 is 2.62 bits per heavy atom. The van der Waals surface area contributed by atoms with E-state index in [4.69, 9.17) is 5.73 Å². The summed E-state index contributed by atoms with van der Waals surface area (Å²) in [5.74, 6) is -0.0516. The molecule has 5 N–H and O–H groups in total. The van der Waals surface area contributed by atoms with Crippen molar-refractivity contribution in [3.05, 3.63) is 18.2 Å². The number of rotatable bonds is 7. The lowest BCUT2D eigenvalue weighted by Gasteiger charge is -2.09. The van der Waals surface area contributed by atoms with Crippen molar-refractivity contribution in [2.75, 3.05) is 18.8 Å². The summed E-state index contributed by atoms with van der Waals surface area (Å²) in [5.41, 5.74) is 5.43. The average molecular weight is 315 g/mol. The Hall–Kier alpha value is -1.80. The molecule has 118 valence electrons. The summed E-state index contributed by atoms with van der Waals surface area (Å²) in [6, 6.07) is 3.61. The maximum atomic E-state index is 12.0. The summed E-state index contributed by atoms with van der Waals surface area (Å²) in [4.78, 5) is 11.4. The van der Waals surface area contributed by atoms with Crippen molar-refractivity contribution in [3.8, 4) is 5.75 Å². The molecule has 0 bridgehead atoms. The fraction of sp³-hybridized carbons (Fsp3) is 0.462. The lowest BCUT2D eigenvalue weighted by molar-refractivity contribution is -0.121. The molecular weight excluding hydrogens is 294 g/mol. The van der Waals surface area contributed by atoms with E-state index >= 15 is 0 Å². The summed E-state index contributed by atoms with van der Waals surface area (Å²) in [5, 5.41) is 12.0. The molecule has 8 heteroatoms. The number of phenols is 1. The van der Waals surface area contributed by atoms with Gasteiger partial charge in [0.2, 0.25) is 15.9 Å². The maximum absolute atomic E-state index is 12.0. The van der Waals surface area contributed by atoms with Gasteiger partial charge in [-0.05, 0) is 24.1 Å². The topological polar surface area (TPSA) is 122 Å². The van der Waals surface area contributed by atoms with Crippen molar-refractivity contribution in [1.82, 2.24) is 10.0 Å². The van der Waals surface area contributed by atoms with Crippen LogP contribution in [0.1, 0.15) is 20.3 Å². The minimum absolute atomic E-state index is 0.00690. The van der Waals surface area contributed by atoms with Crippen LogP contribution in [0.2, 0.25) is 0 Å². The number of nitrogens with two attached hydrogens (primary N) is 1. The van der Waals surface area contributed by atoms with E-state index in [9.17, 15) is 18.3 Å². The molecule has 0 fully saturated rings. The maximum Gasteiger partial charge on any atom is 0.240 e. The number of phenolic OH excluding ortho intramolecular Hbond substituents is 1. The molecule has 0 aliphatic heterocycles. The zero-order valence-corrected chi connectivity index (χ0v) is 12.9. The van der Waals surface area contributed by atoms with Crippen LogP contribution in [0.4, 0.5) is 5.69 Å². The van der Waals surface area contributed by atoms with Crippen molar-refractivity contribution >= 4 is 21.6 Å². The number of carbonyl (C=O) groups excluding carboxylic acids is 1. The fourth-order valence-electron chi connectivity index (χ4n) is 1.49. The highest BCUT2D eigenvalue weighted by molar-refractivity contribution is 7.89. The number of hydrogen-bond acceptors (Lipinski definition) is 5. The number of sulfonamides is 1. The minimum Gasteiger partial charge on any atom is -0.506 e. The number of carbonyl (C=O) groups is 1. The summed E-state index contributed by atoms with van der Waals surface area (Å²) in [6.07, 6.45) is 0.0551. The van der Waals surface area contributed by atoms with E-state index < -0.39 is 10.0 Å². The molecule has 0 spiro atoms. The second-order valence-electron chi connectivity index (χ2n) is 5.07. The number of benzene rings is 1. The van der Waals surface area contributed by atoms with Crippen LogP contribution in [-0.4, -0.2) is 32.5 Å². The molecule has 0 atom stereocenters. The van der Waals surface area contributed by atoms with Crippen molar-refractivity contribution in [2.45, 2.75) is 25.2 Å². The van der Waals surface area contributed by atoms with Crippen LogP contribution in [-0.2, 0) is 14.8 Å². The first kappa shape index (κ1) is 17.3. The normalized spacial score (nSPS) is 11.6. The smallest absolute Gasteiger partial charge is 0.240 e. The lowest BCUT2D eigenvalue weighted by Crippen LogP contribution is -2.32. The summed E-state index contributed by atoms with van der Waals surface area (Å²) >= 11 is 0. The van der Waals surface area contributed by atoms with E-state index in [1.165, 1.54) is 12.1 Å². The van der Waals surface area contributed by atoms with E-state index in [1.54, 1.807) is 0 Å². The molecule has 0 aliphatic carbocycles. The van der Waals surface area contributed by atoms with E-state index in [-0.39, 0.29) is 35.2 Å². The molecular formula is C13H21N3O4S. The van der Waals surface area contributed by atoms with Gasteiger partial charge in [0.15, 0.2) is 0 Å². The zero-order valence-electron chi connectivity index (χ0n) is 12.1. The van der Waals surface area contributed by atoms with Crippen LogP contribution in [0, 0.1) is 5.92 Å². The van der Waals surface area contributed by atoms with Gasteiger partial charge in [0.25, 0.3) is 0 Å². The largest absolute Gasteiger partial charge is 0.506 e. The first-order valence-corrected chi connectivity index (χ1v) is 8.05. The van der Waals surface area contributed by atoms with Crippen LogP contribution in [0.3, 0.4) is 0 Å². The third kappa shape index (κ3) is 5.60. The standard InChI is InChI=1S/C13H21N3O4S/c1-9(2)8-15-13(18)5-6-16-21(19,20)10-3-4-12(17)11(14)7-10/h3-4,7,9,16-17H,5-6,8,14H2,1-2H3,(H,15,18). The number of hydrogen-bond donors (Lipinski definition) is 4. The van der Waals surface area contributed by atoms with Gasteiger partial charge in [0.1, 0.15) is 5.75 Å². The molecule has 1 amide bonds. The number of nitrogens with one attached hydrogen (secondary N) is 2. The monoisotopic (exact) mass is 315 g/mol. The minimum atomic E-state index is -3.75. The first-order valence-electron chi connectivity index (χ1n) is 6.57. The Balaban J connectivity index is 2.53. The van der Waals surface area contributed by atoms with Gasteiger partial charge in [-0.25, -0.2) is 13.1 Å². The third-order valence-corrected chi connectivity index (χ3v) is 4.12. The van der Waals surface area contributed by atoms with Crippen LogP contribution < -0.4 is 15.8 Å². The number of amides is 1. The Morgan fingerprint density at radius 2 is 2.05 bits per heavy atom. The zero-order chi connectivity index (χ0) is 16.0. The SMILES string of the molecule is CC(C)CNC(=O)CCNS(=O)(=O)c1ccc(O)c(N)c1. The fourth-order valence-corrected chi connectivity index (χ4v) is 2.56. The molecule has 0 heterocycles. The van der Waals surface area contributed by atoms with Gasteiger partial charge in [-0.1, -0.05) is 13.8 Å². The van der Waals surface area contributed by atoms with E-state index in [0.29, 0.717) is 12.5 Å². The van der Waals surface area contributed by atoms with Crippen LogP contribution in [0.5, 0.6) is 5.75 Å². The van der Waals surface area contributed by atoms with Gasteiger partial charge in [0.05, 0.1) is 10.6 Å². The van der Waals surface area contributed by atoms with E-state index in [2.05, 4.69) is 10.0 Å². The van der Waals surface area contributed by atoms with Crippen LogP contribution in [0.25, 0.3) is 0 Å². The van der Waals surface area contributed by atoms with Crippen molar-refractivity contribution in [3.63, 3.8) is 0 Å². The van der Waals surface area contributed by atoms with Crippen molar-refractivity contribution in [1.29, 1.82) is 0 Å². The third-order valence-electron chi connectivity index (χ3n) is 2.66. The van der Waals surface area contributed by atoms with E-state index in [0.717, 1.165) is 6.07 Å². The molecule has 1 aromatic rings. The van der Waals surface area contributed by atoms with Crippen LogP contribution in [0.15, 0.2) is 23.1 Å². The first-order chi connectivity index (χ1) is 9.72. The molecule has 0 radical (unpaired) electrons. The second-order valence-corrected chi connectivity index (χ2v) is 6.83. The number of anilines is 1. The molecule has 0 aromatic heterocycles. The molecule has 0 unspecified atom stereocenters.